The molecule has 20 heavy (non-hydrogen) atoms. The summed E-state index contributed by atoms with van der Waals surface area (Å²) in [6.45, 7) is 0.122. The lowest BCUT2D eigenvalue weighted by Crippen LogP contribution is -2.27. The van der Waals surface area contributed by atoms with Crippen LogP contribution < -0.4 is 0 Å². The highest BCUT2D eigenvalue weighted by Crippen LogP contribution is 2.20. The Morgan fingerprint density at radius 1 is 1.15 bits per heavy atom. The molecular weight excluding hydrogens is 301 g/mol. The number of benzene rings is 2. The fraction of sp³-hybridized carbons (Fsp3) is 0.143. The van der Waals surface area contributed by atoms with Gasteiger partial charge in [0.05, 0.1) is 0 Å². The molecule has 0 aliphatic rings. The standard InChI is InChI=1S/C14H13ClFNO2S/c1-17(10-11-5-4-6-12(15)9-11)20(18,19)14-8-3-2-7-13(14)16/h2-9H,10H2,1H3. The van der Waals surface area contributed by atoms with Crippen LogP contribution in [0.25, 0.3) is 0 Å². The van der Waals surface area contributed by atoms with Crippen molar-refractivity contribution in [2.24, 2.45) is 0 Å². The zero-order valence-corrected chi connectivity index (χ0v) is 12.3. The van der Waals surface area contributed by atoms with E-state index in [1.54, 1.807) is 24.3 Å². The van der Waals surface area contributed by atoms with Crippen LogP contribution in [0.3, 0.4) is 0 Å². The van der Waals surface area contributed by atoms with Gasteiger partial charge in [0.15, 0.2) is 0 Å². The Bertz CT molecular complexity index is 719. The molecule has 0 bridgehead atoms. The minimum atomic E-state index is -3.87. The van der Waals surface area contributed by atoms with Crippen molar-refractivity contribution in [3.63, 3.8) is 0 Å². The van der Waals surface area contributed by atoms with Crippen LogP contribution in [0.15, 0.2) is 53.4 Å². The maximum absolute atomic E-state index is 13.6. The summed E-state index contributed by atoms with van der Waals surface area (Å²) in [6, 6.07) is 12.2. The third-order valence-corrected chi connectivity index (χ3v) is 4.89. The molecule has 0 aliphatic heterocycles. The average molecular weight is 314 g/mol. The first kappa shape index (κ1) is 15.0. The van der Waals surface area contributed by atoms with Crippen molar-refractivity contribution in [3.05, 3.63) is 64.9 Å². The Labute approximate surface area is 122 Å². The molecule has 0 atom stereocenters. The molecule has 0 fully saturated rings. The fourth-order valence-corrected chi connectivity index (χ4v) is 3.23. The number of hydrogen-bond acceptors (Lipinski definition) is 2. The predicted molar refractivity (Wildman–Crippen MR) is 76.5 cm³/mol. The molecule has 2 aromatic carbocycles. The third kappa shape index (κ3) is 3.17. The SMILES string of the molecule is CN(Cc1cccc(Cl)c1)S(=O)(=O)c1ccccc1F. The van der Waals surface area contributed by atoms with E-state index in [0.29, 0.717) is 5.02 Å². The van der Waals surface area contributed by atoms with Gasteiger partial charge >= 0.3 is 0 Å². The second-order valence-corrected chi connectivity index (χ2v) is 6.77. The van der Waals surface area contributed by atoms with Crippen LogP contribution in [0.5, 0.6) is 0 Å². The van der Waals surface area contributed by atoms with Gasteiger partial charge in [-0.1, -0.05) is 35.9 Å². The topological polar surface area (TPSA) is 37.4 Å². The van der Waals surface area contributed by atoms with Gasteiger partial charge in [-0.05, 0) is 29.8 Å². The molecule has 0 N–H and O–H groups in total. The van der Waals surface area contributed by atoms with Crippen molar-refractivity contribution in [1.29, 1.82) is 0 Å². The monoisotopic (exact) mass is 313 g/mol. The summed E-state index contributed by atoms with van der Waals surface area (Å²) >= 11 is 5.86. The Morgan fingerprint density at radius 2 is 1.85 bits per heavy atom. The van der Waals surface area contributed by atoms with E-state index in [1.807, 2.05) is 0 Å². The molecule has 0 aromatic heterocycles. The first-order chi connectivity index (χ1) is 9.41. The maximum atomic E-state index is 13.6. The van der Waals surface area contributed by atoms with Crippen molar-refractivity contribution in [2.75, 3.05) is 7.05 Å². The summed E-state index contributed by atoms with van der Waals surface area (Å²) in [5.74, 6) is -0.759. The maximum Gasteiger partial charge on any atom is 0.246 e. The Balaban J connectivity index is 2.29. The van der Waals surface area contributed by atoms with E-state index in [2.05, 4.69) is 0 Å². The molecule has 0 saturated carbocycles. The van der Waals surface area contributed by atoms with E-state index in [-0.39, 0.29) is 11.4 Å². The molecule has 0 spiro atoms. The van der Waals surface area contributed by atoms with Gasteiger partial charge in [0, 0.05) is 18.6 Å². The number of rotatable bonds is 4. The number of sulfonamides is 1. The summed E-state index contributed by atoms with van der Waals surface area (Å²) in [6.07, 6.45) is 0. The van der Waals surface area contributed by atoms with E-state index < -0.39 is 15.8 Å². The third-order valence-electron chi connectivity index (χ3n) is 2.82. The van der Waals surface area contributed by atoms with Crippen LogP contribution in [-0.4, -0.2) is 19.8 Å². The second-order valence-electron chi connectivity index (χ2n) is 4.32. The quantitative estimate of drug-likeness (QED) is 0.868. The fourth-order valence-electron chi connectivity index (χ4n) is 1.80. The van der Waals surface area contributed by atoms with Crippen LogP contribution in [0.1, 0.15) is 5.56 Å². The summed E-state index contributed by atoms with van der Waals surface area (Å²) in [5.41, 5.74) is 0.736. The van der Waals surface area contributed by atoms with Crippen molar-refractivity contribution in [3.8, 4) is 0 Å². The summed E-state index contributed by atoms with van der Waals surface area (Å²) in [7, 11) is -2.46. The van der Waals surface area contributed by atoms with Gasteiger partial charge < -0.3 is 0 Å². The molecule has 2 aromatic rings. The normalized spacial score (nSPS) is 11.8. The average Bonchev–Trinajstić information content (AvgIpc) is 2.39. The number of hydrogen-bond donors (Lipinski definition) is 0. The van der Waals surface area contributed by atoms with Crippen molar-refractivity contribution < 1.29 is 12.8 Å². The Hall–Kier alpha value is -1.43. The van der Waals surface area contributed by atoms with Crippen molar-refractivity contribution in [1.82, 2.24) is 4.31 Å². The largest absolute Gasteiger partial charge is 0.246 e. The first-order valence-electron chi connectivity index (χ1n) is 5.86. The van der Waals surface area contributed by atoms with Crippen LogP contribution in [0.2, 0.25) is 5.02 Å². The molecule has 0 amide bonds. The molecule has 0 aliphatic carbocycles. The van der Waals surface area contributed by atoms with E-state index in [9.17, 15) is 12.8 Å². The van der Waals surface area contributed by atoms with Gasteiger partial charge in [0.25, 0.3) is 0 Å². The Kier molecular flexibility index (Phi) is 4.42. The lowest BCUT2D eigenvalue weighted by Gasteiger charge is -2.17. The zero-order valence-electron chi connectivity index (χ0n) is 10.8. The summed E-state index contributed by atoms with van der Waals surface area (Å²) in [5, 5.41) is 0.527. The summed E-state index contributed by atoms with van der Waals surface area (Å²) in [4.78, 5) is -0.329. The molecule has 0 radical (unpaired) electrons. The smallest absolute Gasteiger partial charge is 0.207 e. The van der Waals surface area contributed by atoms with Crippen molar-refractivity contribution >= 4 is 21.6 Å². The molecule has 3 nitrogen and oxygen atoms in total. The number of nitrogens with zero attached hydrogens (tertiary/aromatic N) is 1. The van der Waals surface area contributed by atoms with Crippen molar-refractivity contribution in [2.45, 2.75) is 11.4 Å². The number of halogens is 2. The molecule has 0 saturated heterocycles. The molecular formula is C14H13ClFNO2S. The molecule has 106 valence electrons. The van der Waals surface area contributed by atoms with Gasteiger partial charge in [0.2, 0.25) is 10.0 Å². The van der Waals surface area contributed by atoms with Gasteiger partial charge in [-0.15, -0.1) is 0 Å². The van der Waals surface area contributed by atoms with Gasteiger partial charge in [-0.25, -0.2) is 12.8 Å². The van der Waals surface area contributed by atoms with E-state index in [0.717, 1.165) is 15.9 Å². The molecule has 2 rings (SSSR count). The highest BCUT2D eigenvalue weighted by molar-refractivity contribution is 7.89. The van der Waals surface area contributed by atoms with Crippen LogP contribution in [0, 0.1) is 5.82 Å². The van der Waals surface area contributed by atoms with E-state index in [1.165, 1.54) is 25.2 Å². The van der Waals surface area contributed by atoms with E-state index in [4.69, 9.17) is 11.6 Å². The zero-order chi connectivity index (χ0) is 14.8. The minimum Gasteiger partial charge on any atom is -0.207 e. The Morgan fingerprint density at radius 3 is 2.50 bits per heavy atom. The molecule has 0 heterocycles. The van der Waals surface area contributed by atoms with Gasteiger partial charge in [0.1, 0.15) is 10.7 Å². The van der Waals surface area contributed by atoms with Gasteiger partial charge in [-0.2, -0.15) is 4.31 Å². The van der Waals surface area contributed by atoms with Gasteiger partial charge in [-0.3, -0.25) is 0 Å². The molecule has 6 heteroatoms. The molecule has 0 unspecified atom stereocenters. The first-order valence-corrected chi connectivity index (χ1v) is 7.68. The van der Waals surface area contributed by atoms with Crippen LogP contribution >= 0.6 is 11.6 Å². The predicted octanol–water partition coefficient (Wildman–Crippen LogP) is 3.30. The van der Waals surface area contributed by atoms with Crippen LogP contribution in [-0.2, 0) is 16.6 Å². The highest BCUT2D eigenvalue weighted by atomic mass is 35.5. The van der Waals surface area contributed by atoms with Crippen LogP contribution in [0.4, 0.5) is 4.39 Å². The van der Waals surface area contributed by atoms with E-state index >= 15 is 0 Å². The summed E-state index contributed by atoms with van der Waals surface area (Å²) < 4.78 is 39.3. The highest BCUT2D eigenvalue weighted by Gasteiger charge is 2.24. The minimum absolute atomic E-state index is 0.122. The second kappa shape index (κ2) is 5.91. The lowest BCUT2D eigenvalue weighted by molar-refractivity contribution is 0.460. The lowest BCUT2D eigenvalue weighted by atomic mass is 10.2.